The molecule has 0 radical (unpaired) electrons. The molecular weight excluding hydrogens is 550 g/mol. The lowest BCUT2D eigenvalue weighted by Crippen LogP contribution is -2.68. The number of amides is 4. The quantitative estimate of drug-likeness (QED) is 0.297. The van der Waals surface area contributed by atoms with Crippen LogP contribution in [0.1, 0.15) is 68.6 Å². The summed E-state index contributed by atoms with van der Waals surface area (Å²) in [6.07, 6.45) is -2.05. The van der Waals surface area contributed by atoms with E-state index in [1.54, 1.807) is 114 Å². The normalized spacial score (nSPS) is 16.7. The highest BCUT2D eigenvalue weighted by molar-refractivity contribution is 6.15. The summed E-state index contributed by atoms with van der Waals surface area (Å²) in [5.74, 6) is -0.949. The van der Waals surface area contributed by atoms with Gasteiger partial charge in [-0.2, -0.15) is 5.01 Å². The van der Waals surface area contributed by atoms with E-state index in [1.807, 2.05) is 6.07 Å². The van der Waals surface area contributed by atoms with E-state index >= 15 is 4.79 Å². The van der Waals surface area contributed by atoms with Crippen molar-refractivity contribution in [1.29, 1.82) is 0 Å². The molecule has 1 atom stereocenters. The Morgan fingerprint density at radius 2 is 1.47 bits per heavy atom. The van der Waals surface area contributed by atoms with Crippen LogP contribution < -0.4 is 10.2 Å². The minimum absolute atomic E-state index is 0.0901. The fraction of sp³-hybridized carbons (Fsp3) is 0.333. The lowest BCUT2D eigenvalue weighted by atomic mass is 9.75. The van der Waals surface area contributed by atoms with E-state index in [-0.39, 0.29) is 23.2 Å². The Balaban J connectivity index is 2.06. The van der Waals surface area contributed by atoms with Gasteiger partial charge in [0.05, 0.1) is 13.7 Å². The summed E-state index contributed by atoms with van der Waals surface area (Å²) in [6, 6.07) is 22.0. The molecule has 0 bridgehead atoms. The standard InChI is InChI=1S/C33H37N3O7/c1-31(2,3)42-29(39)34-36(30(40)43-32(4,5)6)33(23-16-13-17-24(20-23)41-7)26-19-12-11-18-25(26)27(37)35(28(33)38)21-22-14-9-8-10-15-22/h8-20H,21H2,1-7H3,(H,34,39). The first-order valence-corrected chi connectivity index (χ1v) is 13.8. The first-order valence-electron chi connectivity index (χ1n) is 13.8. The number of nitrogens with one attached hydrogen (secondary N) is 1. The third-order valence-corrected chi connectivity index (χ3v) is 6.53. The predicted molar refractivity (Wildman–Crippen MR) is 159 cm³/mol. The van der Waals surface area contributed by atoms with E-state index in [0.717, 1.165) is 9.91 Å². The summed E-state index contributed by atoms with van der Waals surface area (Å²) in [5.41, 5.74) is -0.286. The lowest BCUT2D eigenvalue weighted by molar-refractivity contribution is -0.143. The Kier molecular flexibility index (Phi) is 8.52. The topological polar surface area (TPSA) is 114 Å². The Labute approximate surface area is 251 Å². The number of carbonyl (C=O) groups excluding carboxylic acids is 4. The van der Waals surface area contributed by atoms with Crippen molar-refractivity contribution in [3.8, 4) is 5.75 Å². The third-order valence-electron chi connectivity index (χ3n) is 6.53. The average Bonchev–Trinajstić information content (AvgIpc) is 2.94. The Hall–Kier alpha value is -4.86. The van der Waals surface area contributed by atoms with Crippen molar-refractivity contribution in [3.05, 3.63) is 101 Å². The second-order valence-electron chi connectivity index (χ2n) is 12.1. The number of rotatable bonds is 5. The Bertz CT molecular complexity index is 1530. The van der Waals surface area contributed by atoms with E-state index in [0.29, 0.717) is 11.3 Å². The first-order chi connectivity index (χ1) is 20.2. The summed E-state index contributed by atoms with van der Waals surface area (Å²) < 4.78 is 16.8. The number of methoxy groups -OCH3 is 1. The van der Waals surface area contributed by atoms with Crippen molar-refractivity contribution in [2.75, 3.05) is 7.11 Å². The molecule has 1 N–H and O–H groups in total. The molecule has 0 saturated heterocycles. The van der Waals surface area contributed by atoms with Gasteiger partial charge < -0.3 is 14.2 Å². The first kappa shape index (κ1) is 31.1. The van der Waals surface area contributed by atoms with Crippen LogP contribution in [0.25, 0.3) is 0 Å². The number of imide groups is 1. The molecule has 0 saturated carbocycles. The van der Waals surface area contributed by atoms with Gasteiger partial charge in [-0.05, 0) is 70.9 Å². The Morgan fingerprint density at radius 1 is 0.837 bits per heavy atom. The van der Waals surface area contributed by atoms with Crippen LogP contribution in [-0.4, -0.2) is 52.2 Å². The van der Waals surface area contributed by atoms with E-state index in [1.165, 1.54) is 7.11 Å². The van der Waals surface area contributed by atoms with Crippen LogP contribution in [0.5, 0.6) is 5.75 Å². The number of hydrogen-bond donors (Lipinski definition) is 1. The molecule has 0 spiro atoms. The molecule has 0 aromatic heterocycles. The van der Waals surface area contributed by atoms with Crippen LogP contribution in [0.2, 0.25) is 0 Å². The fourth-order valence-corrected chi connectivity index (χ4v) is 4.88. The molecule has 10 nitrogen and oxygen atoms in total. The van der Waals surface area contributed by atoms with Crippen LogP contribution >= 0.6 is 0 Å². The summed E-state index contributed by atoms with van der Waals surface area (Å²) in [5, 5.41) is 0.826. The second kappa shape index (κ2) is 11.8. The van der Waals surface area contributed by atoms with Gasteiger partial charge in [-0.1, -0.05) is 60.7 Å². The van der Waals surface area contributed by atoms with Crippen molar-refractivity contribution in [1.82, 2.24) is 15.3 Å². The van der Waals surface area contributed by atoms with Crippen molar-refractivity contribution in [2.24, 2.45) is 0 Å². The molecule has 10 heteroatoms. The minimum Gasteiger partial charge on any atom is -0.497 e. The average molecular weight is 588 g/mol. The molecular formula is C33H37N3O7. The molecule has 0 aliphatic carbocycles. The lowest BCUT2D eigenvalue weighted by Gasteiger charge is -2.47. The van der Waals surface area contributed by atoms with Gasteiger partial charge in [0.25, 0.3) is 11.8 Å². The van der Waals surface area contributed by atoms with Crippen molar-refractivity contribution >= 4 is 24.0 Å². The zero-order valence-corrected chi connectivity index (χ0v) is 25.5. The number of hydrazine groups is 1. The van der Waals surface area contributed by atoms with E-state index in [4.69, 9.17) is 14.2 Å². The summed E-state index contributed by atoms with van der Waals surface area (Å²) in [6.45, 7) is 9.91. The van der Waals surface area contributed by atoms with Crippen LogP contribution in [-0.2, 0) is 26.4 Å². The van der Waals surface area contributed by atoms with Gasteiger partial charge in [-0.25, -0.2) is 15.0 Å². The number of nitrogens with zero attached hydrogens (tertiary/aromatic N) is 2. The van der Waals surface area contributed by atoms with Gasteiger partial charge in [-0.15, -0.1) is 0 Å². The Morgan fingerprint density at radius 3 is 2.09 bits per heavy atom. The zero-order valence-electron chi connectivity index (χ0n) is 25.5. The van der Waals surface area contributed by atoms with Gasteiger partial charge in [0.15, 0.2) is 5.54 Å². The zero-order chi connectivity index (χ0) is 31.6. The van der Waals surface area contributed by atoms with E-state index in [9.17, 15) is 14.4 Å². The predicted octanol–water partition coefficient (Wildman–Crippen LogP) is 5.80. The number of benzene rings is 3. The molecule has 1 heterocycles. The van der Waals surface area contributed by atoms with Gasteiger partial charge in [-0.3, -0.25) is 14.5 Å². The maximum absolute atomic E-state index is 15.0. The van der Waals surface area contributed by atoms with Crippen molar-refractivity contribution in [3.63, 3.8) is 0 Å². The molecule has 4 amide bonds. The second-order valence-corrected chi connectivity index (χ2v) is 12.1. The highest BCUT2D eigenvalue weighted by atomic mass is 16.6. The molecule has 226 valence electrons. The smallest absolute Gasteiger partial charge is 0.431 e. The summed E-state index contributed by atoms with van der Waals surface area (Å²) in [7, 11) is 1.47. The largest absolute Gasteiger partial charge is 0.497 e. The number of carbonyl (C=O) groups is 4. The molecule has 3 aromatic carbocycles. The van der Waals surface area contributed by atoms with E-state index in [2.05, 4.69) is 5.43 Å². The molecule has 1 aliphatic rings. The van der Waals surface area contributed by atoms with Crippen LogP contribution in [0, 0.1) is 0 Å². The highest BCUT2D eigenvalue weighted by Crippen LogP contribution is 2.44. The van der Waals surface area contributed by atoms with Crippen LogP contribution in [0.15, 0.2) is 78.9 Å². The summed E-state index contributed by atoms with van der Waals surface area (Å²) in [4.78, 5) is 57.5. The summed E-state index contributed by atoms with van der Waals surface area (Å²) >= 11 is 0. The molecule has 0 fully saturated rings. The molecule has 1 unspecified atom stereocenters. The third kappa shape index (κ3) is 6.48. The molecule has 4 rings (SSSR count). The monoisotopic (exact) mass is 587 g/mol. The van der Waals surface area contributed by atoms with Crippen molar-refractivity contribution in [2.45, 2.75) is 64.8 Å². The van der Waals surface area contributed by atoms with Crippen LogP contribution in [0.3, 0.4) is 0 Å². The number of fused-ring (bicyclic) bond motifs is 1. The van der Waals surface area contributed by atoms with Gasteiger partial charge in [0, 0.05) is 11.1 Å². The molecule has 3 aromatic rings. The number of hydrogen-bond acceptors (Lipinski definition) is 7. The van der Waals surface area contributed by atoms with E-state index < -0.39 is 40.7 Å². The SMILES string of the molecule is COc1cccc(C2(N(NC(=O)OC(C)(C)C)C(=O)OC(C)(C)C)C(=O)N(Cc3ccccc3)C(=O)c3ccccc32)c1. The van der Waals surface area contributed by atoms with Gasteiger partial charge >= 0.3 is 12.2 Å². The fourth-order valence-electron chi connectivity index (χ4n) is 4.88. The number of ether oxygens (including phenoxy) is 3. The molecule has 43 heavy (non-hydrogen) atoms. The molecule has 1 aliphatic heterocycles. The van der Waals surface area contributed by atoms with Crippen LogP contribution in [0.4, 0.5) is 9.59 Å². The maximum Gasteiger partial charge on any atom is 0.431 e. The van der Waals surface area contributed by atoms with Crippen molar-refractivity contribution < 1.29 is 33.4 Å². The maximum atomic E-state index is 15.0. The highest BCUT2D eigenvalue weighted by Gasteiger charge is 2.59. The minimum atomic E-state index is -2.12. The van der Waals surface area contributed by atoms with Gasteiger partial charge in [0.1, 0.15) is 17.0 Å². The van der Waals surface area contributed by atoms with Gasteiger partial charge in [0.2, 0.25) is 0 Å².